The number of urea groups is 1. The van der Waals surface area contributed by atoms with E-state index in [9.17, 15) is 4.79 Å². The Balaban J connectivity index is 1.72. The number of hydrogen-bond donors (Lipinski definition) is 1. The SMILES string of the molecule is CCN(Cc1ccc2c(c1)OCO2)C(=O)Nc1cc(Cl)ccc1OC. The summed E-state index contributed by atoms with van der Waals surface area (Å²) >= 11 is 6.01. The molecule has 0 radical (unpaired) electrons. The molecule has 0 saturated carbocycles. The molecule has 3 rings (SSSR count). The number of halogens is 1. The van der Waals surface area contributed by atoms with Gasteiger partial charge in [-0.15, -0.1) is 0 Å². The summed E-state index contributed by atoms with van der Waals surface area (Å²) in [7, 11) is 1.54. The van der Waals surface area contributed by atoms with Gasteiger partial charge in [0.1, 0.15) is 5.75 Å². The van der Waals surface area contributed by atoms with Crippen LogP contribution in [0.1, 0.15) is 12.5 Å². The van der Waals surface area contributed by atoms with E-state index in [4.69, 9.17) is 25.8 Å². The van der Waals surface area contributed by atoms with E-state index >= 15 is 0 Å². The van der Waals surface area contributed by atoms with Gasteiger partial charge in [0.25, 0.3) is 0 Å². The number of rotatable bonds is 5. The lowest BCUT2D eigenvalue weighted by Crippen LogP contribution is -2.34. The van der Waals surface area contributed by atoms with Crippen molar-refractivity contribution in [2.75, 3.05) is 25.8 Å². The topological polar surface area (TPSA) is 60.0 Å². The lowest BCUT2D eigenvalue weighted by molar-refractivity contribution is 0.174. The summed E-state index contributed by atoms with van der Waals surface area (Å²) in [4.78, 5) is 14.3. The molecule has 0 aliphatic carbocycles. The summed E-state index contributed by atoms with van der Waals surface area (Å²) in [6, 6.07) is 10.5. The maximum atomic E-state index is 12.6. The molecular weight excluding hydrogens is 344 g/mol. The van der Waals surface area contributed by atoms with Gasteiger partial charge in [-0.25, -0.2) is 4.79 Å². The van der Waals surface area contributed by atoms with Gasteiger partial charge in [0.05, 0.1) is 12.8 Å². The van der Waals surface area contributed by atoms with Crippen molar-refractivity contribution in [2.45, 2.75) is 13.5 Å². The molecule has 25 heavy (non-hydrogen) atoms. The highest BCUT2D eigenvalue weighted by atomic mass is 35.5. The van der Waals surface area contributed by atoms with Gasteiger partial charge in [-0.1, -0.05) is 17.7 Å². The minimum absolute atomic E-state index is 0.228. The van der Waals surface area contributed by atoms with Gasteiger partial charge in [0, 0.05) is 18.1 Å². The second-order valence-electron chi connectivity index (χ2n) is 5.48. The van der Waals surface area contributed by atoms with Crippen LogP contribution in [0.5, 0.6) is 17.2 Å². The number of ether oxygens (including phenoxy) is 3. The van der Waals surface area contributed by atoms with Crippen LogP contribution in [0.25, 0.3) is 0 Å². The van der Waals surface area contributed by atoms with Crippen LogP contribution in [0.3, 0.4) is 0 Å². The molecule has 2 aromatic rings. The fraction of sp³-hybridized carbons (Fsp3) is 0.278. The molecule has 0 fully saturated rings. The summed E-state index contributed by atoms with van der Waals surface area (Å²) in [6.07, 6.45) is 0. The molecule has 0 unspecified atom stereocenters. The highest BCUT2D eigenvalue weighted by Gasteiger charge is 2.18. The number of hydrogen-bond acceptors (Lipinski definition) is 4. The second-order valence-corrected chi connectivity index (χ2v) is 5.91. The zero-order valence-electron chi connectivity index (χ0n) is 14.0. The Morgan fingerprint density at radius 1 is 1.24 bits per heavy atom. The Bertz CT molecular complexity index is 782. The summed E-state index contributed by atoms with van der Waals surface area (Å²) in [6.45, 7) is 3.14. The van der Waals surface area contributed by atoms with E-state index in [1.807, 2.05) is 25.1 Å². The lowest BCUT2D eigenvalue weighted by atomic mass is 10.2. The maximum absolute atomic E-state index is 12.6. The van der Waals surface area contributed by atoms with Crippen LogP contribution >= 0.6 is 11.6 Å². The summed E-state index contributed by atoms with van der Waals surface area (Å²) in [5, 5.41) is 3.37. The second kappa shape index (κ2) is 7.53. The van der Waals surface area contributed by atoms with Crippen molar-refractivity contribution in [1.82, 2.24) is 4.90 Å². The highest BCUT2D eigenvalue weighted by molar-refractivity contribution is 6.31. The molecule has 2 aromatic carbocycles. The standard InChI is InChI=1S/C18H19ClN2O4/c1-3-21(10-12-4-6-16-17(8-12)25-11-24-16)18(22)20-14-9-13(19)5-7-15(14)23-2/h4-9H,3,10-11H2,1-2H3,(H,20,22). The van der Waals surface area contributed by atoms with Crippen molar-refractivity contribution in [1.29, 1.82) is 0 Å². The third-order valence-electron chi connectivity index (χ3n) is 3.88. The molecule has 1 aliphatic heterocycles. The average molecular weight is 363 g/mol. The number of carbonyl (C=O) groups is 1. The van der Waals surface area contributed by atoms with Crippen LogP contribution in [0.15, 0.2) is 36.4 Å². The van der Waals surface area contributed by atoms with Gasteiger partial charge in [-0.3, -0.25) is 0 Å². The average Bonchev–Trinajstić information content (AvgIpc) is 3.07. The van der Waals surface area contributed by atoms with Crippen molar-refractivity contribution in [2.24, 2.45) is 0 Å². The molecule has 1 aliphatic rings. The van der Waals surface area contributed by atoms with Crippen molar-refractivity contribution in [3.63, 3.8) is 0 Å². The molecular formula is C18H19ClN2O4. The number of anilines is 1. The van der Waals surface area contributed by atoms with Gasteiger partial charge in [0.15, 0.2) is 11.5 Å². The Kier molecular flexibility index (Phi) is 5.19. The van der Waals surface area contributed by atoms with Gasteiger partial charge >= 0.3 is 6.03 Å². The zero-order chi connectivity index (χ0) is 17.8. The fourth-order valence-electron chi connectivity index (χ4n) is 2.56. The summed E-state index contributed by atoms with van der Waals surface area (Å²) in [5.41, 5.74) is 1.49. The Labute approximate surface area is 151 Å². The summed E-state index contributed by atoms with van der Waals surface area (Å²) in [5.74, 6) is 1.97. The molecule has 0 spiro atoms. The predicted molar refractivity (Wildman–Crippen MR) is 95.7 cm³/mol. The van der Waals surface area contributed by atoms with Crippen LogP contribution in [0, 0.1) is 0 Å². The Morgan fingerprint density at radius 3 is 2.80 bits per heavy atom. The zero-order valence-corrected chi connectivity index (χ0v) is 14.8. The molecule has 0 bridgehead atoms. The molecule has 0 aromatic heterocycles. The van der Waals surface area contributed by atoms with Gasteiger partial charge in [0.2, 0.25) is 6.79 Å². The number of fused-ring (bicyclic) bond motifs is 1. The molecule has 2 amide bonds. The third kappa shape index (κ3) is 3.91. The molecule has 6 nitrogen and oxygen atoms in total. The normalized spacial score (nSPS) is 12.0. The molecule has 0 atom stereocenters. The molecule has 0 saturated heterocycles. The predicted octanol–water partition coefficient (Wildman–Crippen LogP) is 4.13. The van der Waals surface area contributed by atoms with E-state index in [0.717, 1.165) is 11.3 Å². The first-order valence-corrected chi connectivity index (χ1v) is 8.26. The number of methoxy groups -OCH3 is 1. The molecule has 1 heterocycles. The van der Waals surface area contributed by atoms with Crippen molar-refractivity contribution in [3.8, 4) is 17.2 Å². The summed E-state index contributed by atoms with van der Waals surface area (Å²) < 4.78 is 15.9. The molecule has 132 valence electrons. The van der Waals surface area contributed by atoms with E-state index in [2.05, 4.69) is 5.32 Å². The van der Waals surface area contributed by atoms with Crippen LogP contribution in [0.4, 0.5) is 10.5 Å². The quantitative estimate of drug-likeness (QED) is 0.868. The van der Waals surface area contributed by atoms with E-state index in [1.165, 1.54) is 0 Å². The number of amides is 2. The van der Waals surface area contributed by atoms with E-state index < -0.39 is 0 Å². The van der Waals surface area contributed by atoms with E-state index in [1.54, 1.807) is 30.2 Å². The van der Waals surface area contributed by atoms with Crippen molar-refractivity contribution in [3.05, 3.63) is 47.0 Å². The van der Waals surface area contributed by atoms with Crippen LogP contribution in [-0.4, -0.2) is 31.4 Å². The number of nitrogens with zero attached hydrogens (tertiary/aromatic N) is 1. The largest absolute Gasteiger partial charge is 0.495 e. The van der Waals surface area contributed by atoms with Crippen LogP contribution < -0.4 is 19.5 Å². The maximum Gasteiger partial charge on any atom is 0.322 e. The first-order chi connectivity index (χ1) is 12.1. The Morgan fingerprint density at radius 2 is 2.04 bits per heavy atom. The highest BCUT2D eigenvalue weighted by Crippen LogP contribution is 2.33. The van der Waals surface area contributed by atoms with Crippen molar-refractivity contribution >= 4 is 23.3 Å². The van der Waals surface area contributed by atoms with Gasteiger partial charge in [-0.05, 0) is 42.8 Å². The van der Waals surface area contributed by atoms with Crippen LogP contribution in [0.2, 0.25) is 5.02 Å². The van der Waals surface area contributed by atoms with E-state index in [-0.39, 0.29) is 12.8 Å². The van der Waals surface area contributed by atoms with Gasteiger partial charge < -0.3 is 24.4 Å². The minimum Gasteiger partial charge on any atom is -0.495 e. The number of carbonyl (C=O) groups excluding carboxylic acids is 1. The van der Waals surface area contributed by atoms with Crippen molar-refractivity contribution < 1.29 is 19.0 Å². The first kappa shape index (κ1) is 17.2. The molecule has 7 heteroatoms. The Hall–Kier alpha value is -2.60. The fourth-order valence-corrected chi connectivity index (χ4v) is 2.73. The lowest BCUT2D eigenvalue weighted by Gasteiger charge is -2.22. The third-order valence-corrected chi connectivity index (χ3v) is 4.12. The smallest absolute Gasteiger partial charge is 0.322 e. The number of benzene rings is 2. The first-order valence-electron chi connectivity index (χ1n) is 7.88. The van der Waals surface area contributed by atoms with Crippen LogP contribution in [-0.2, 0) is 6.54 Å². The minimum atomic E-state index is -0.235. The number of nitrogens with one attached hydrogen (secondary N) is 1. The van der Waals surface area contributed by atoms with E-state index in [0.29, 0.717) is 35.3 Å². The monoisotopic (exact) mass is 362 g/mol. The van der Waals surface area contributed by atoms with Gasteiger partial charge in [-0.2, -0.15) is 0 Å². The molecule has 1 N–H and O–H groups in total.